The summed E-state index contributed by atoms with van der Waals surface area (Å²) in [4.78, 5) is 27.2. The van der Waals surface area contributed by atoms with Crippen molar-refractivity contribution in [1.29, 1.82) is 0 Å². The second-order valence-corrected chi connectivity index (χ2v) is 8.15. The van der Waals surface area contributed by atoms with E-state index in [1.54, 1.807) is 31.1 Å². The quantitative estimate of drug-likeness (QED) is 0.713. The third-order valence-electron chi connectivity index (χ3n) is 4.79. The fourth-order valence-corrected chi connectivity index (χ4v) is 3.46. The summed E-state index contributed by atoms with van der Waals surface area (Å²) in [5, 5.41) is 0. The first-order valence-electron chi connectivity index (χ1n) is 9.72. The van der Waals surface area contributed by atoms with Crippen LogP contribution in [-0.4, -0.2) is 48.4 Å². The molecule has 1 aromatic rings. The molecule has 1 unspecified atom stereocenters. The van der Waals surface area contributed by atoms with Gasteiger partial charge < -0.3 is 18.9 Å². The summed E-state index contributed by atoms with van der Waals surface area (Å²) in [6.07, 6.45) is -0.151. The van der Waals surface area contributed by atoms with E-state index in [9.17, 15) is 9.59 Å². The van der Waals surface area contributed by atoms with Gasteiger partial charge in [-0.3, -0.25) is 4.90 Å². The fraction of sp³-hybridized carbons (Fsp3) is 0.619. The van der Waals surface area contributed by atoms with Gasteiger partial charge in [0, 0.05) is 5.56 Å². The topological polar surface area (TPSA) is 74.3 Å². The standard InChI is InChI=1S/C21H29NO6/c1-6-26-19(23)17-16(13-7-8-13)22(20(24)28-21(2,3)4)18(27-17)14-9-11-15(25-5)12-10-14/h9-13,16-18H,6-8H2,1-5H3/t16-,17+,18?/m0/s1. The first-order valence-corrected chi connectivity index (χ1v) is 9.72. The van der Waals surface area contributed by atoms with Gasteiger partial charge in [0.25, 0.3) is 0 Å². The molecule has 1 aliphatic heterocycles. The molecule has 0 radical (unpaired) electrons. The summed E-state index contributed by atoms with van der Waals surface area (Å²) >= 11 is 0. The van der Waals surface area contributed by atoms with Gasteiger partial charge in [0.15, 0.2) is 12.3 Å². The van der Waals surface area contributed by atoms with E-state index >= 15 is 0 Å². The minimum absolute atomic E-state index is 0.199. The van der Waals surface area contributed by atoms with Gasteiger partial charge in [-0.25, -0.2) is 9.59 Å². The van der Waals surface area contributed by atoms with Crippen LogP contribution in [-0.2, 0) is 19.0 Å². The van der Waals surface area contributed by atoms with E-state index in [4.69, 9.17) is 18.9 Å². The maximum Gasteiger partial charge on any atom is 0.413 e. The number of carbonyl (C=O) groups excluding carboxylic acids is 2. The van der Waals surface area contributed by atoms with Gasteiger partial charge in [0.1, 0.15) is 11.4 Å². The Hall–Kier alpha value is -2.28. The fourth-order valence-electron chi connectivity index (χ4n) is 3.46. The van der Waals surface area contributed by atoms with Crippen LogP contribution in [0.3, 0.4) is 0 Å². The van der Waals surface area contributed by atoms with Crippen molar-refractivity contribution in [2.24, 2.45) is 5.92 Å². The number of amides is 1. The molecule has 28 heavy (non-hydrogen) atoms. The zero-order chi connectivity index (χ0) is 20.5. The van der Waals surface area contributed by atoms with Gasteiger partial charge >= 0.3 is 12.1 Å². The molecule has 1 aromatic carbocycles. The molecule has 2 aliphatic rings. The number of nitrogens with zero attached hydrogens (tertiary/aromatic N) is 1. The van der Waals surface area contributed by atoms with Crippen LogP contribution in [0, 0.1) is 5.92 Å². The molecule has 1 aliphatic carbocycles. The molecule has 154 valence electrons. The third kappa shape index (κ3) is 4.41. The Morgan fingerprint density at radius 1 is 1.18 bits per heavy atom. The summed E-state index contributed by atoms with van der Waals surface area (Å²) in [6.45, 7) is 7.47. The Balaban J connectivity index is 1.96. The molecular formula is C21H29NO6. The average Bonchev–Trinajstić information content (AvgIpc) is 3.39. The van der Waals surface area contributed by atoms with Gasteiger partial charge in [-0.15, -0.1) is 0 Å². The Morgan fingerprint density at radius 2 is 1.82 bits per heavy atom. The van der Waals surface area contributed by atoms with Crippen molar-refractivity contribution < 1.29 is 28.5 Å². The second kappa shape index (κ2) is 7.99. The lowest BCUT2D eigenvalue weighted by molar-refractivity contribution is -0.156. The lowest BCUT2D eigenvalue weighted by Crippen LogP contribution is -2.46. The first kappa shape index (κ1) is 20.5. The maximum atomic E-state index is 13.1. The monoisotopic (exact) mass is 391 g/mol. The lowest BCUT2D eigenvalue weighted by atomic mass is 10.1. The van der Waals surface area contributed by atoms with Crippen LogP contribution in [0.5, 0.6) is 5.75 Å². The van der Waals surface area contributed by atoms with E-state index < -0.39 is 36.0 Å². The predicted octanol–water partition coefficient (Wildman–Crippen LogP) is 3.67. The number of ether oxygens (including phenoxy) is 4. The first-order chi connectivity index (χ1) is 13.2. The van der Waals surface area contributed by atoms with Crippen molar-refractivity contribution in [3.05, 3.63) is 29.8 Å². The highest BCUT2D eigenvalue weighted by Gasteiger charge is 2.56. The van der Waals surface area contributed by atoms with E-state index in [1.165, 1.54) is 0 Å². The molecule has 0 spiro atoms. The number of benzene rings is 1. The Bertz CT molecular complexity index is 707. The largest absolute Gasteiger partial charge is 0.497 e. The van der Waals surface area contributed by atoms with Gasteiger partial charge in [-0.1, -0.05) is 12.1 Å². The van der Waals surface area contributed by atoms with Gasteiger partial charge in [-0.05, 0) is 58.6 Å². The van der Waals surface area contributed by atoms with Gasteiger partial charge in [0.2, 0.25) is 0 Å². The Morgan fingerprint density at radius 3 is 2.32 bits per heavy atom. The predicted molar refractivity (Wildman–Crippen MR) is 102 cm³/mol. The van der Waals surface area contributed by atoms with Crippen molar-refractivity contribution in [1.82, 2.24) is 4.90 Å². The molecule has 1 amide bonds. The van der Waals surface area contributed by atoms with E-state index in [2.05, 4.69) is 0 Å². The molecule has 1 saturated heterocycles. The van der Waals surface area contributed by atoms with Crippen LogP contribution < -0.4 is 4.74 Å². The van der Waals surface area contributed by atoms with Gasteiger partial charge in [-0.2, -0.15) is 0 Å². The molecule has 3 rings (SSSR count). The van der Waals surface area contributed by atoms with Crippen molar-refractivity contribution in [3.8, 4) is 5.75 Å². The van der Waals surface area contributed by atoms with E-state index in [1.807, 2.05) is 32.9 Å². The SMILES string of the molecule is CCOC(=O)[C@@H]1OC(c2ccc(OC)cc2)N(C(=O)OC(C)(C)C)[C@H]1C1CC1. The van der Waals surface area contributed by atoms with Crippen LogP contribution in [0.2, 0.25) is 0 Å². The summed E-state index contributed by atoms with van der Waals surface area (Å²) in [6, 6.07) is 6.86. The third-order valence-corrected chi connectivity index (χ3v) is 4.79. The molecule has 0 N–H and O–H groups in total. The van der Waals surface area contributed by atoms with Crippen LogP contribution in [0.15, 0.2) is 24.3 Å². The summed E-state index contributed by atoms with van der Waals surface area (Å²) in [5.74, 6) is 0.459. The zero-order valence-corrected chi connectivity index (χ0v) is 17.1. The molecule has 2 fully saturated rings. The molecule has 1 heterocycles. The van der Waals surface area contributed by atoms with Crippen molar-refractivity contribution in [2.75, 3.05) is 13.7 Å². The molecule has 0 bridgehead atoms. The van der Waals surface area contributed by atoms with E-state index in [0.717, 1.165) is 18.4 Å². The summed E-state index contributed by atoms with van der Waals surface area (Å²) < 4.78 is 22.2. The number of hydrogen-bond donors (Lipinski definition) is 0. The number of methoxy groups -OCH3 is 1. The van der Waals surface area contributed by atoms with Gasteiger partial charge in [0.05, 0.1) is 19.8 Å². The molecule has 1 saturated carbocycles. The average molecular weight is 391 g/mol. The molecule has 7 heteroatoms. The van der Waals surface area contributed by atoms with Crippen molar-refractivity contribution in [3.63, 3.8) is 0 Å². The molecule has 0 aromatic heterocycles. The van der Waals surface area contributed by atoms with Crippen LogP contribution in [0.1, 0.15) is 52.3 Å². The maximum absolute atomic E-state index is 13.1. The van der Waals surface area contributed by atoms with Crippen LogP contribution in [0.4, 0.5) is 4.79 Å². The smallest absolute Gasteiger partial charge is 0.413 e. The van der Waals surface area contributed by atoms with E-state index in [0.29, 0.717) is 5.75 Å². The number of hydrogen-bond acceptors (Lipinski definition) is 6. The molecular weight excluding hydrogens is 362 g/mol. The van der Waals surface area contributed by atoms with Crippen LogP contribution >= 0.6 is 0 Å². The number of carbonyl (C=O) groups is 2. The lowest BCUT2D eigenvalue weighted by Gasteiger charge is -2.31. The number of rotatable bonds is 5. The molecule has 3 atom stereocenters. The summed E-state index contributed by atoms with van der Waals surface area (Å²) in [5.41, 5.74) is 0.0987. The Kier molecular flexibility index (Phi) is 5.84. The Labute approximate surface area is 165 Å². The highest BCUT2D eigenvalue weighted by atomic mass is 16.6. The van der Waals surface area contributed by atoms with Crippen molar-refractivity contribution in [2.45, 2.75) is 64.5 Å². The second-order valence-electron chi connectivity index (χ2n) is 8.15. The minimum atomic E-state index is -0.827. The molecule has 7 nitrogen and oxygen atoms in total. The summed E-state index contributed by atoms with van der Waals surface area (Å²) in [7, 11) is 1.59. The highest BCUT2D eigenvalue weighted by Crippen LogP contribution is 2.47. The number of esters is 1. The van der Waals surface area contributed by atoms with Crippen LogP contribution in [0.25, 0.3) is 0 Å². The van der Waals surface area contributed by atoms with E-state index in [-0.39, 0.29) is 12.5 Å². The highest BCUT2D eigenvalue weighted by molar-refractivity contribution is 5.79. The minimum Gasteiger partial charge on any atom is -0.497 e. The zero-order valence-electron chi connectivity index (χ0n) is 17.1. The van der Waals surface area contributed by atoms with Crippen molar-refractivity contribution >= 4 is 12.1 Å². The normalized spacial score (nSPS) is 24.8.